The van der Waals surface area contributed by atoms with E-state index in [4.69, 9.17) is 10.00 Å². The summed E-state index contributed by atoms with van der Waals surface area (Å²) in [7, 11) is 1.45. The first-order valence-corrected chi connectivity index (χ1v) is 14.7. The first kappa shape index (κ1) is 28.7. The summed E-state index contributed by atoms with van der Waals surface area (Å²) in [5, 5.41) is 27.6. The number of hydrogen-bond acceptors (Lipinski definition) is 8. The maximum absolute atomic E-state index is 16.1. The fourth-order valence-electron chi connectivity index (χ4n) is 6.59. The van der Waals surface area contributed by atoms with Gasteiger partial charge in [0, 0.05) is 47.6 Å². The van der Waals surface area contributed by atoms with Crippen molar-refractivity contribution >= 4 is 27.5 Å². The predicted octanol–water partition coefficient (Wildman–Crippen LogP) is 5.40. The van der Waals surface area contributed by atoms with Crippen molar-refractivity contribution in [1.82, 2.24) is 20.6 Å². The third kappa shape index (κ3) is 5.56. The summed E-state index contributed by atoms with van der Waals surface area (Å²) in [5.74, 6) is 0.0794. The van der Waals surface area contributed by atoms with Crippen LogP contribution in [0.3, 0.4) is 0 Å². The number of halogens is 2. The van der Waals surface area contributed by atoms with Gasteiger partial charge in [-0.15, -0.1) is 0 Å². The van der Waals surface area contributed by atoms with Crippen LogP contribution < -0.4 is 20.3 Å². The van der Waals surface area contributed by atoms with Gasteiger partial charge in [0.1, 0.15) is 17.5 Å². The maximum Gasteiger partial charge on any atom is 0.318 e. The predicted molar refractivity (Wildman–Crippen MR) is 162 cm³/mol. The van der Waals surface area contributed by atoms with Crippen molar-refractivity contribution in [3.05, 3.63) is 59.9 Å². The van der Waals surface area contributed by atoms with Crippen LogP contribution in [-0.4, -0.2) is 61.0 Å². The lowest BCUT2D eigenvalue weighted by Gasteiger charge is -2.41. The number of nitrogens with one attached hydrogen (secondary N) is 2. The van der Waals surface area contributed by atoms with Crippen molar-refractivity contribution in [3.8, 4) is 29.3 Å². The molecule has 1 saturated carbocycles. The number of methoxy groups -OCH3 is 1. The van der Waals surface area contributed by atoms with E-state index < -0.39 is 12.0 Å². The Bertz CT molecular complexity index is 1730. The fourth-order valence-corrected chi connectivity index (χ4v) is 6.59. The first-order valence-electron chi connectivity index (χ1n) is 14.7. The Labute approximate surface area is 249 Å². The molecule has 3 heterocycles. The second kappa shape index (κ2) is 12.1. The number of nitriles is 2. The van der Waals surface area contributed by atoms with Crippen molar-refractivity contribution in [2.24, 2.45) is 0 Å². The summed E-state index contributed by atoms with van der Waals surface area (Å²) in [5.41, 5.74) is 1.89. The molecule has 1 aliphatic carbocycles. The highest BCUT2D eigenvalue weighted by Gasteiger charge is 2.45. The van der Waals surface area contributed by atoms with Gasteiger partial charge in [0.05, 0.1) is 31.2 Å². The summed E-state index contributed by atoms with van der Waals surface area (Å²) in [6.07, 6.45) is 3.85. The molecule has 2 aliphatic heterocycles. The summed E-state index contributed by atoms with van der Waals surface area (Å²) in [4.78, 5) is 10.9. The zero-order valence-corrected chi connectivity index (χ0v) is 24.0. The third-order valence-corrected chi connectivity index (χ3v) is 8.71. The van der Waals surface area contributed by atoms with Gasteiger partial charge in [-0.05, 0) is 55.3 Å². The lowest BCUT2D eigenvalue weighted by Crippen LogP contribution is -2.52. The second-order valence-corrected chi connectivity index (χ2v) is 11.5. The van der Waals surface area contributed by atoms with Gasteiger partial charge in [0.25, 0.3) is 0 Å². The minimum atomic E-state index is -0.504. The van der Waals surface area contributed by atoms with E-state index in [0.29, 0.717) is 59.3 Å². The van der Waals surface area contributed by atoms with Gasteiger partial charge in [-0.3, -0.25) is 0 Å². The van der Waals surface area contributed by atoms with Gasteiger partial charge in [0.2, 0.25) is 0 Å². The maximum atomic E-state index is 16.1. The van der Waals surface area contributed by atoms with E-state index in [2.05, 4.69) is 32.7 Å². The number of aromatic nitrogens is 2. The van der Waals surface area contributed by atoms with Crippen LogP contribution in [0.15, 0.2) is 48.5 Å². The Kier molecular flexibility index (Phi) is 8.07. The highest BCUT2D eigenvalue weighted by molar-refractivity contribution is 6.03. The fraction of sp³-hybridized carbons (Fsp3) is 0.394. The molecule has 8 nitrogen and oxygen atoms in total. The van der Waals surface area contributed by atoms with Crippen molar-refractivity contribution in [2.75, 3.05) is 38.2 Å². The van der Waals surface area contributed by atoms with E-state index in [1.807, 2.05) is 41.3 Å². The SMILES string of the molecule is COc1nc(N2CCNC(CC#N)C2)c2ccc(-c3cccc4cccc(C#N)c34)c(F)c2n1.FC1CC2(CCCN2)C1. The number of fused-ring (bicyclic) bond motifs is 2. The van der Waals surface area contributed by atoms with E-state index in [-0.39, 0.29) is 23.1 Å². The quantitative estimate of drug-likeness (QED) is 0.330. The molecule has 1 unspecified atom stereocenters. The number of anilines is 1. The van der Waals surface area contributed by atoms with E-state index >= 15 is 4.39 Å². The molecule has 10 heteroatoms. The van der Waals surface area contributed by atoms with Crippen molar-refractivity contribution in [2.45, 2.75) is 49.9 Å². The monoisotopic (exact) mass is 581 g/mol. The van der Waals surface area contributed by atoms with Gasteiger partial charge in [-0.1, -0.05) is 36.4 Å². The van der Waals surface area contributed by atoms with Crippen molar-refractivity contribution in [1.29, 1.82) is 10.5 Å². The first-order chi connectivity index (χ1) is 20.9. The summed E-state index contributed by atoms with van der Waals surface area (Å²) in [6.45, 7) is 3.02. The highest BCUT2D eigenvalue weighted by Crippen LogP contribution is 2.41. The zero-order chi connectivity index (χ0) is 30.0. The van der Waals surface area contributed by atoms with Gasteiger partial charge in [-0.25, -0.2) is 8.78 Å². The minimum absolute atomic E-state index is 0.000957. The molecule has 1 atom stereocenters. The highest BCUT2D eigenvalue weighted by atomic mass is 19.1. The van der Waals surface area contributed by atoms with Gasteiger partial charge in [0.15, 0.2) is 5.82 Å². The molecule has 3 aromatic carbocycles. The Morgan fingerprint density at radius 3 is 2.58 bits per heavy atom. The van der Waals surface area contributed by atoms with Crippen LogP contribution in [-0.2, 0) is 0 Å². The topological polar surface area (TPSA) is 110 Å². The van der Waals surface area contributed by atoms with Gasteiger partial charge < -0.3 is 20.3 Å². The van der Waals surface area contributed by atoms with Gasteiger partial charge in [-0.2, -0.15) is 20.5 Å². The molecule has 1 spiro atoms. The number of hydrogen-bond donors (Lipinski definition) is 2. The largest absolute Gasteiger partial charge is 0.467 e. The average molecular weight is 582 g/mol. The number of benzene rings is 3. The zero-order valence-electron chi connectivity index (χ0n) is 24.0. The minimum Gasteiger partial charge on any atom is -0.467 e. The van der Waals surface area contributed by atoms with Crippen molar-refractivity contribution < 1.29 is 13.5 Å². The molecular weight excluding hydrogens is 548 g/mol. The van der Waals surface area contributed by atoms with E-state index in [0.717, 1.165) is 24.8 Å². The third-order valence-electron chi connectivity index (χ3n) is 8.71. The van der Waals surface area contributed by atoms with E-state index in [9.17, 15) is 9.65 Å². The molecule has 1 aromatic heterocycles. The van der Waals surface area contributed by atoms with Crippen LogP contribution in [0.2, 0.25) is 0 Å². The molecule has 3 fully saturated rings. The Hall–Kier alpha value is -4.38. The smallest absolute Gasteiger partial charge is 0.318 e. The van der Waals surface area contributed by atoms with Crippen molar-refractivity contribution in [3.63, 3.8) is 0 Å². The molecule has 4 aromatic rings. The number of piperazine rings is 1. The average Bonchev–Trinajstić information content (AvgIpc) is 3.51. The van der Waals surface area contributed by atoms with Gasteiger partial charge >= 0.3 is 6.01 Å². The van der Waals surface area contributed by atoms with E-state index in [1.165, 1.54) is 20.0 Å². The Balaban J connectivity index is 0.000000310. The lowest BCUT2D eigenvalue weighted by molar-refractivity contribution is 0.0832. The molecule has 2 saturated heterocycles. The molecule has 0 radical (unpaired) electrons. The standard InChI is InChI=1S/C26H21FN6O.C7H12FN/c1-34-26-31-24-21(25(32-26)33-13-12-30-18(15-33)10-11-28)9-8-20(23(24)27)19-7-3-5-16-4-2-6-17(14-29)22(16)19;8-6-4-7(5-6)2-1-3-9-7/h2-9,18,30H,10,12-13,15H2,1H3;6,9H,1-5H2. The molecule has 3 aliphatic rings. The molecular formula is C33H33F2N7O. The normalized spacial score (nSPS) is 22.9. The number of nitrogens with zero attached hydrogens (tertiary/aromatic N) is 5. The molecule has 0 bridgehead atoms. The molecule has 7 rings (SSSR count). The van der Waals surface area contributed by atoms with Crippen LogP contribution in [0, 0.1) is 28.5 Å². The van der Waals surface area contributed by atoms with E-state index in [1.54, 1.807) is 12.1 Å². The van der Waals surface area contributed by atoms with Crippen LogP contribution >= 0.6 is 0 Å². The number of alkyl halides is 1. The summed E-state index contributed by atoms with van der Waals surface area (Å²) in [6, 6.07) is 19.1. The molecule has 43 heavy (non-hydrogen) atoms. The lowest BCUT2D eigenvalue weighted by atomic mass is 9.74. The summed E-state index contributed by atoms with van der Waals surface area (Å²) < 4.78 is 33.8. The molecule has 0 amide bonds. The Morgan fingerprint density at radius 2 is 1.88 bits per heavy atom. The summed E-state index contributed by atoms with van der Waals surface area (Å²) >= 11 is 0. The van der Waals surface area contributed by atoms with Crippen LogP contribution in [0.5, 0.6) is 6.01 Å². The number of rotatable bonds is 4. The molecule has 220 valence electrons. The van der Waals surface area contributed by atoms with Crippen LogP contribution in [0.1, 0.15) is 37.7 Å². The molecule has 2 N–H and O–H groups in total. The Morgan fingerprint density at radius 1 is 1.07 bits per heavy atom. The second-order valence-electron chi connectivity index (χ2n) is 11.5. The van der Waals surface area contributed by atoms with Crippen LogP contribution in [0.25, 0.3) is 32.8 Å². The number of ether oxygens (including phenoxy) is 1. The van der Waals surface area contributed by atoms with Crippen LogP contribution in [0.4, 0.5) is 14.6 Å².